The minimum Gasteiger partial charge on any atom is -0.355 e. The Balaban J connectivity index is 1.33. The molecule has 1 aliphatic heterocycles. The molecule has 3 nitrogen and oxygen atoms in total. The zero-order valence-electron chi connectivity index (χ0n) is 12.2. The molecule has 1 saturated heterocycles. The highest BCUT2D eigenvalue weighted by Gasteiger charge is 2.54. The molecule has 3 heteroatoms. The van der Waals surface area contributed by atoms with Gasteiger partial charge >= 0.3 is 0 Å². The van der Waals surface area contributed by atoms with Gasteiger partial charge in [0.05, 0.1) is 0 Å². The van der Waals surface area contributed by atoms with Crippen molar-refractivity contribution >= 4 is 5.91 Å². The second-order valence-corrected chi connectivity index (χ2v) is 6.95. The number of amides is 1. The third-order valence-electron chi connectivity index (χ3n) is 5.56. The second kappa shape index (κ2) is 5.82. The van der Waals surface area contributed by atoms with Crippen molar-refractivity contribution < 1.29 is 4.79 Å². The lowest BCUT2D eigenvalue weighted by molar-refractivity contribution is -0.122. The molecule has 1 N–H and O–H groups in total. The van der Waals surface area contributed by atoms with Crippen molar-refractivity contribution in [2.24, 2.45) is 23.7 Å². The van der Waals surface area contributed by atoms with Gasteiger partial charge < -0.3 is 10.2 Å². The van der Waals surface area contributed by atoms with E-state index in [0.29, 0.717) is 11.8 Å². The van der Waals surface area contributed by atoms with Gasteiger partial charge in [0.1, 0.15) is 0 Å². The molecule has 108 valence electrons. The molecule has 2 atom stereocenters. The Kier molecular flexibility index (Phi) is 4.11. The molecule has 19 heavy (non-hydrogen) atoms. The highest BCUT2D eigenvalue weighted by atomic mass is 16.2. The first-order chi connectivity index (χ1) is 9.25. The number of nitrogens with one attached hydrogen (secondary N) is 1. The highest BCUT2D eigenvalue weighted by Crippen LogP contribution is 2.55. The van der Waals surface area contributed by atoms with E-state index in [0.717, 1.165) is 30.8 Å². The Bertz CT molecular complexity index is 311. The van der Waals surface area contributed by atoms with Gasteiger partial charge in [-0.2, -0.15) is 0 Å². The van der Waals surface area contributed by atoms with Crippen LogP contribution >= 0.6 is 0 Å². The van der Waals surface area contributed by atoms with Crippen LogP contribution in [0.2, 0.25) is 0 Å². The Morgan fingerprint density at radius 2 is 1.74 bits per heavy atom. The van der Waals surface area contributed by atoms with Crippen LogP contribution < -0.4 is 5.32 Å². The molecule has 2 unspecified atom stereocenters. The van der Waals surface area contributed by atoms with E-state index in [1.165, 1.54) is 51.6 Å². The summed E-state index contributed by atoms with van der Waals surface area (Å²) in [6.45, 7) is 6.66. The average molecular weight is 264 g/mol. The van der Waals surface area contributed by atoms with E-state index < -0.39 is 0 Å². The Hall–Kier alpha value is -0.570. The van der Waals surface area contributed by atoms with E-state index in [1.54, 1.807) is 0 Å². The number of hydrogen-bond donors (Lipinski definition) is 1. The summed E-state index contributed by atoms with van der Waals surface area (Å²) in [5, 5.41) is 3.18. The molecule has 3 aliphatic rings. The second-order valence-electron chi connectivity index (χ2n) is 6.95. The quantitative estimate of drug-likeness (QED) is 0.845. The number of likely N-dealkylation sites (tertiary alicyclic amines) is 1. The number of fused-ring (bicyclic) bond motifs is 1. The maximum Gasteiger partial charge on any atom is 0.223 e. The van der Waals surface area contributed by atoms with E-state index in [2.05, 4.69) is 17.1 Å². The number of nitrogens with zero attached hydrogens (tertiary/aromatic N) is 1. The van der Waals surface area contributed by atoms with E-state index in [1.807, 2.05) is 0 Å². The van der Waals surface area contributed by atoms with E-state index in [9.17, 15) is 4.79 Å². The van der Waals surface area contributed by atoms with Crippen molar-refractivity contribution in [2.45, 2.75) is 45.4 Å². The van der Waals surface area contributed by atoms with Gasteiger partial charge in [0.15, 0.2) is 0 Å². The molecular formula is C16H28N2O. The first kappa shape index (κ1) is 13.4. The summed E-state index contributed by atoms with van der Waals surface area (Å²) in [6.07, 6.45) is 7.93. The summed E-state index contributed by atoms with van der Waals surface area (Å²) in [5.74, 6) is 3.10. The fourth-order valence-corrected chi connectivity index (χ4v) is 4.12. The van der Waals surface area contributed by atoms with Crippen molar-refractivity contribution in [1.29, 1.82) is 0 Å². The summed E-state index contributed by atoms with van der Waals surface area (Å²) in [6, 6.07) is 0. The van der Waals surface area contributed by atoms with Crippen LogP contribution in [0.1, 0.15) is 45.4 Å². The van der Waals surface area contributed by atoms with Crippen LogP contribution in [-0.4, -0.2) is 37.0 Å². The largest absolute Gasteiger partial charge is 0.355 e. The standard InChI is InChI=1S/C16H28N2O/c1-12-6-9-18(10-7-12)11-8-17-16(19)15-13-4-2-3-5-14(13)15/h12-15H,2-11H2,1H3,(H,17,19). The van der Waals surface area contributed by atoms with E-state index in [-0.39, 0.29) is 0 Å². The molecule has 1 amide bonds. The molecule has 2 aliphatic carbocycles. The summed E-state index contributed by atoms with van der Waals surface area (Å²) in [7, 11) is 0. The number of rotatable bonds is 4. The number of piperidine rings is 1. The molecular weight excluding hydrogens is 236 g/mol. The van der Waals surface area contributed by atoms with Crippen molar-refractivity contribution in [3.63, 3.8) is 0 Å². The van der Waals surface area contributed by atoms with Gasteiger partial charge in [0.25, 0.3) is 0 Å². The summed E-state index contributed by atoms with van der Waals surface area (Å²) in [5.41, 5.74) is 0. The maximum absolute atomic E-state index is 12.1. The average Bonchev–Trinajstić information content (AvgIpc) is 3.15. The smallest absolute Gasteiger partial charge is 0.223 e. The molecule has 0 radical (unpaired) electrons. The van der Waals surface area contributed by atoms with Crippen LogP contribution in [0, 0.1) is 23.7 Å². The monoisotopic (exact) mass is 264 g/mol. The van der Waals surface area contributed by atoms with E-state index in [4.69, 9.17) is 0 Å². The lowest BCUT2D eigenvalue weighted by Crippen LogP contribution is -2.39. The summed E-state index contributed by atoms with van der Waals surface area (Å²) >= 11 is 0. The van der Waals surface area contributed by atoms with Crippen LogP contribution in [-0.2, 0) is 4.79 Å². The van der Waals surface area contributed by atoms with Crippen LogP contribution in [0.3, 0.4) is 0 Å². The fourth-order valence-electron chi connectivity index (χ4n) is 4.12. The molecule has 0 bridgehead atoms. The third kappa shape index (κ3) is 3.13. The van der Waals surface area contributed by atoms with Crippen molar-refractivity contribution in [1.82, 2.24) is 10.2 Å². The van der Waals surface area contributed by atoms with Gasteiger partial charge in [0.2, 0.25) is 5.91 Å². The van der Waals surface area contributed by atoms with Gasteiger partial charge in [0, 0.05) is 19.0 Å². The Morgan fingerprint density at radius 3 is 2.37 bits per heavy atom. The lowest BCUT2D eigenvalue weighted by Gasteiger charge is -2.30. The SMILES string of the molecule is CC1CCN(CCNC(=O)C2C3CCCCC32)CC1. The van der Waals surface area contributed by atoms with Crippen LogP contribution in [0.5, 0.6) is 0 Å². The molecule has 0 aromatic carbocycles. The first-order valence-electron chi connectivity index (χ1n) is 8.26. The Labute approximate surface area is 117 Å². The van der Waals surface area contributed by atoms with Crippen LogP contribution in [0.15, 0.2) is 0 Å². The normalized spacial score (nSPS) is 35.7. The molecule has 0 aromatic rings. The number of carbonyl (C=O) groups excluding carboxylic acids is 1. The predicted octanol–water partition coefficient (Wildman–Crippen LogP) is 2.27. The van der Waals surface area contributed by atoms with Crippen LogP contribution in [0.4, 0.5) is 0 Å². The molecule has 3 rings (SSSR count). The minimum absolute atomic E-state index is 0.349. The predicted molar refractivity (Wildman–Crippen MR) is 76.8 cm³/mol. The highest BCUT2D eigenvalue weighted by molar-refractivity contribution is 5.82. The zero-order chi connectivity index (χ0) is 13.2. The lowest BCUT2D eigenvalue weighted by atomic mass is 9.99. The molecule has 2 saturated carbocycles. The van der Waals surface area contributed by atoms with Crippen LogP contribution in [0.25, 0.3) is 0 Å². The fraction of sp³-hybridized carbons (Fsp3) is 0.938. The molecule has 1 heterocycles. The van der Waals surface area contributed by atoms with Gasteiger partial charge in [-0.05, 0) is 56.5 Å². The molecule has 0 aromatic heterocycles. The summed E-state index contributed by atoms with van der Waals surface area (Å²) in [4.78, 5) is 14.6. The Morgan fingerprint density at radius 1 is 1.11 bits per heavy atom. The third-order valence-corrected chi connectivity index (χ3v) is 5.56. The van der Waals surface area contributed by atoms with Gasteiger partial charge in [-0.3, -0.25) is 4.79 Å². The minimum atomic E-state index is 0.349. The maximum atomic E-state index is 12.1. The number of hydrogen-bond acceptors (Lipinski definition) is 2. The number of carbonyl (C=O) groups is 1. The van der Waals surface area contributed by atoms with E-state index >= 15 is 0 Å². The van der Waals surface area contributed by atoms with Crippen molar-refractivity contribution in [2.75, 3.05) is 26.2 Å². The van der Waals surface area contributed by atoms with Crippen molar-refractivity contribution in [3.05, 3.63) is 0 Å². The molecule has 0 spiro atoms. The van der Waals surface area contributed by atoms with Gasteiger partial charge in [-0.25, -0.2) is 0 Å². The van der Waals surface area contributed by atoms with Gasteiger partial charge in [-0.1, -0.05) is 19.8 Å². The van der Waals surface area contributed by atoms with Gasteiger partial charge in [-0.15, -0.1) is 0 Å². The van der Waals surface area contributed by atoms with Crippen molar-refractivity contribution in [3.8, 4) is 0 Å². The first-order valence-corrected chi connectivity index (χ1v) is 8.26. The zero-order valence-corrected chi connectivity index (χ0v) is 12.2. The topological polar surface area (TPSA) is 32.3 Å². The molecule has 3 fully saturated rings. The summed E-state index contributed by atoms with van der Waals surface area (Å²) < 4.78 is 0.